The Kier molecular flexibility index (Phi) is 2.31. The molecule has 0 fully saturated rings. The van der Waals surface area contributed by atoms with Crippen LogP contribution in [0.2, 0.25) is 0 Å². The van der Waals surface area contributed by atoms with Gasteiger partial charge in [-0.15, -0.1) is 0 Å². The molecule has 0 bridgehead atoms. The third kappa shape index (κ3) is 1.89. The quantitative estimate of drug-likeness (QED) is 0.670. The molecule has 66 valence electrons. The minimum absolute atomic E-state index is 0.0360. The van der Waals surface area contributed by atoms with Gasteiger partial charge in [-0.2, -0.15) is 9.52 Å². The summed E-state index contributed by atoms with van der Waals surface area (Å²) in [5, 5.41) is 3.93. The van der Waals surface area contributed by atoms with E-state index in [0.29, 0.717) is 6.42 Å². The van der Waals surface area contributed by atoms with Crippen LogP contribution in [0, 0.1) is 0 Å². The molecule has 0 N–H and O–H groups in total. The first-order valence-corrected chi connectivity index (χ1v) is 4.72. The van der Waals surface area contributed by atoms with Crippen molar-refractivity contribution in [2.24, 2.45) is 5.10 Å². The van der Waals surface area contributed by atoms with Crippen LogP contribution < -0.4 is 0 Å². The Labute approximate surface area is 80.6 Å². The number of benzene rings is 1. The Morgan fingerprint density at radius 1 is 1.31 bits per heavy atom. The second-order valence-electron chi connectivity index (χ2n) is 2.57. The Hall–Kier alpha value is -1.29. The van der Waals surface area contributed by atoms with E-state index in [-0.39, 0.29) is 5.91 Å². The van der Waals surface area contributed by atoms with Gasteiger partial charge in [-0.05, 0) is 12.1 Å². The Morgan fingerprint density at radius 3 is 2.69 bits per heavy atom. The number of hydrogen-bond acceptors (Lipinski definition) is 3. The number of hydrogen-bond donors (Lipinski definition) is 0. The largest absolute Gasteiger partial charge is 0.272 e. The van der Waals surface area contributed by atoms with Gasteiger partial charge in [-0.3, -0.25) is 4.79 Å². The van der Waals surface area contributed by atoms with Crippen molar-refractivity contribution in [2.75, 3.05) is 0 Å². The fourth-order valence-corrected chi connectivity index (χ4v) is 1.76. The third-order valence-electron chi connectivity index (χ3n) is 1.60. The fourth-order valence-electron chi connectivity index (χ4n) is 0.991. The molecule has 1 aliphatic heterocycles. The average Bonchev–Trinajstić information content (AvgIpc) is 2.54. The summed E-state index contributed by atoms with van der Waals surface area (Å²) in [6, 6.07) is 9.72. The van der Waals surface area contributed by atoms with E-state index >= 15 is 0 Å². The maximum Gasteiger partial charge on any atom is 0.258 e. The van der Waals surface area contributed by atoms with Crippen LogP contribution in [0.5, 0.6) is 0 Å². The maximum absolute atomic E-state index is 11.2. The number of rotatable bonds is 2. The average molecular weight is 192 g/mol. The summed E-state index contributed by atoms with van der Waals surface area (Å²) in [7, 11) is 0. The topological polar surface area (TPSA) is 32.7 Å². The molecule has 13 heavy (non-hydrogen) atoms. The third-order valence-corrected chi connectivity index (χ3v) is 2.55. The SMILES string of the molecule is O=C1CC=NN1Sc1ccccc1. The van der Waals surface area contributed by atoms with Crippen LogP contribution in [0.1, 0.15) is 6.42 Å². The van der Waals surface area contributed by atoms with Crippen molar-refractivity contribution in [3.8, 4) is 0 Å². The number of amides is 1. The Balaban J connectivity index is 2.06. The van der Waals surface area contributed by atoms with E-state index in [4.69, 9.17) is 0 Å². The standard InChI is InChI=1S/C9H8N2OS/c12-9-6-7-10-11(9)13-8-4-2-1-3-5-8/h1-5,7H,6H2. The summed E-state index contributed by atoms with van der Waals surface area (Å²) < 4.78 is 1.41. The molecule has 1 heterocycles. The number of carbonyl (C=O) groups excluding carboxylic acids is 1. The van der Waals surface area contributed by atoms with Crippen LogP contribution >= 0.6 is 11.9 Å². The van der Waals surface area contributed by atoms with E-state index in [1.807, 2.05) is 30.3 Å². The zero-order valence-electron chi connectivity index (χ0n) is 6.88. The van der Waals surface area contributed by atoms with Crippen LogP contribution in [0.25, 0.3) is 0 Å². The van der Waals surface area contributed by atoms with Crippen LogP contribution in [0.4, 0.5) is 0 Å². The highest BCUT2D eigenvalue weighted by Crippen LogP contribution is 2.24. The number of hydrazone groups is 1. The molecule has 0 aromatic heterocycles. The maximum atomic E-state index is 11.2. The predicted octanol–water partition coefficient (Wildman–Crippen LogP) is 1.91. The van der Waals surface area contributed by atoms with Gasteiger partial charge in [0.2, 0.25) is 0 Å². The van der Waals surface area contributed by atoms with E-state index in [0.717, 1.165) is 4.90 Å². The Bertz CT molecular complexity index is 337. The molecule has 1 aromatic carbocycles. The molecule has 0 radical (unpaired) electrons. The zero-order valence-corrected chi connectivity index (χ0v) is 7.70. The molecule has 1 amide bonds. The van der Waals surface area contributed by atoms with Crippen molar-refractivity contribution < 1.29 is 4.79 Å². The van der Waals surface area contributed by atoms with Gasteiger partial charge in [-0.25, -0.2) is 0 Å². The highest BCUT2D eigenvalue weighted by atomic mass is 32.2. The van der Waals surface area contributed by atoms with Gasteiger partial charge in [0.25, 0.3) is 5.91 Å². The first-order chi connectivity index (χ1) is 6.36. The lowest BCUT2D eigenvalue weighted by Gasteiger charge is -2.08. The molecule has 1 aliphatic rings. The molecular formula is C9H8N2OS. The molecule has 4 heteroatoms. The van der Waals surface area contributed by atoms with Gasteiger partial charge in [0, 0.05) is 23.1 Å². The van der Waals surface area contributed by atoms with Crippen LogP contribution in [0.3, 0.4) is 0 Å². The minimum Gasteiger partial charge on any atom is -0.272 e. The number of carbonyl (C=O) groups is 1. The van der Waals surface area contributed by atoms with Gasteiger partial charge >= 0.3 is 0 Å². The molecular weight excluding hydrogens is 184 g/mol. The first kappa shape index (κ1) is 8.31. The molecule has 0 aliphatic carbocycles. The second kappa shape index (κ2) is 3.62. The molecule has 0 spiro atoms. The van der Waals surface area contributed by atoms with E-state index < -0.39 is 0 Å². The lowest BCUT2D eigenvalue weighted by atomic mass is 10.4. The van der Waals surface area contributed by atoms with Crippen molar-refractivity contribution >= 4 is 24.1 Å². The van der Waals surface area contributed by atoms with Crippen LogP contribution in [0.15, 0.2) is 40.3 Å². The van der Waals surface area contributed by atoms with Crippen LogP contribution in [-0.4, -0.2) is 16.5 Å². The van der Waals surface area contributed by atoms with Crippen molar-refractivity contribution in [1.82, 2.24) is 4.41 Å². The fraction of sp³-hybridized carbons (Fsp3) is 0.111. The monoisotopic (exact) mass is 192 g/mol. The second-order valence-corrected chi connectivity index (χ2v) is 3.57. The summed E-state index contributed by atoms with van der Waals surface area (Å²) in [5.41, 5.74) is 0. The molecule has 0 saturated carbocycles. The molecule has 1 aromatic rings. The van der Waals surface area contributed by atoms with Gasteiger partial charge in [0.1, 0.15) is 0 Å². The van der Waals surface area contributed by atoms with Crippen molar-refractivity contribution in [2.45, 2.75) is 11.3 Å². The smallest absolute Gasteiger partial charge is 0.258 e. The van der Waals surface area contributed by atoms with E-state index in [9.17, 15) is 4.79 Å². The highest BCUT2D eigenvalue weighted by Gasteiger charge is 2.17. The molecule has 3 nitrogen and oxygen atoms in total. The molecule has 0 unspecified atom stereocenters. The first-order valence-electron chi connectivity index (χ1n) is 3.95. The van der Waals surface area contributed by atoms with E-state index in [2.05, 4.69) is 5.10 Å². The predicted molar refractivity (Wildman–Crippen MR) is 52.3 cm³/mol. The molecule has 0 atom stereocenters. The summed E-state index contributed by atoms with van der Waals surface area (Å²) in [5.74, 6) is 0.0360. The normalized spacial score (nSPS) is 15.4. The Morgan fingerprint density at radius 2 is 2.08 bits per heavy atom. The van der Waals surface area contributed by atoms with Gasteiger partial charge < -0.3 is 0 Å². The minimum atomic E-state index is 0.0360. The summed E-state index contributed by atoms with van der Waals surface area (Å²) in [6.45, 7) is 0. The van der Waals surface area contributed by atoms with Crippen molar-refractivity contribution in [1.29, 1.82) is 0 Å². The summed E-state index contributed by atoms with van der Waals surface area (Å²) >= 11 is 1.35. The molecule has 0 saturated heterocycles. The lowest BCUT2D eigenvalue weighted by molar-refractivity contribution is -0.123. The highest BCUT2D eigenvalue weighted by molar-refractivity contribution is 7.97. The lowest BCUT2D eigenvalue weighted by Crippen LogP contribution is -2.11. The number of nitrogens with zero attached hydrogens (tertiary/aromatic N) is 2. The van der Waals surface area contributed by atoms with E-state index in [1.165, 1.54) is 16.4 Å². The van der Waals surface area contributed by atoms with Gasteiger partial charge in [0.15, 0.2) is 0 Å². The summed E-state index contributed by atoms with van der Waals surface area (Å²) in [6.07, 6.45) is 2.04. The molecule has 2 rings (SSSR count). The van der Waals surface area contributed by atoms with E-state index in [1.54, 1.807) is 6.21 Å². The van der Waals surface area contributed by atoms with Gasteiger partial charge in [-0.1, -0.05) is 18.2 Å². The summed E-state index contributed by atoms with van der Waals surface area (Å²) in [4.78, 5) is 12.2. The van der Waals surface area contributed by atoms with Crippen molar-refractivity contribution in [3.05, 3.63) is 30.3 Å². The zero-order chi connectivity index (χ0) is 9.10. The van der Waals surface area contributed by atoms with Gasteiger partial charge in [0.05, 0.1) is 6.42 Å². The van der Waals surface area contributed by atoms with Crippen molar-refractivity contribution in [3.63, 3.8) is 0 Å². The van der Waals surface area contributed by atoms with Crippen LogP contribution in [-0.2, 0) is 4.79 Å².